The van der Waals surface area contributed by atoms with Crippen molar-refractivity contribution in [3.05, 3.63) is 30.3 Å². The van der Waals surface area contributed by atoms with Gasteiger partial charge in [0, 0.05) is 31.7 Å². The first kappa shape index (κ1) is 14.1. The van der Waals surface area contributed by atoms with Gasteiger partial charge in [-0.15, -0.1) is 0 Å². The number of amides is 2. The summed E-state index contributed by atoms with van der Waals surface area (Å²) >= 11 is 0. The smallest absolute Gasteiger partial charge is 0.228 e. The van der Waals surface area contributed by atoms with E-state index in [4.69, 9.17) is 0 Å². The van der Waals surface area contributed by atoms with Gasteiger partial charge in [-0.3, -0.25) is 9.59 Å². The van der Waals surface area contributed by atoms with Gasteiger partial charge >= 0.3 is 0 Å². The highest BCUT2D eigenvalue weighted by Crippen LogP contribution is 2.27. The van der Waals surface area contributed by atoms with Crippen LogP contribution in [0.3, 0.4) is 0 Å². The van der Waals surface area contributed by atoms with Gasteiger partial charge in [0.05, 0.1) is 5.92 Å². The number of piperidine rings is 1. The van der Waals surface area contributed by atoms with Gasteiger partial charge in [-0.05, 0) is 30.9 Å². The maximum absolute atomic E-state index is 12.6. The monoisotopic (exact) mass is 286 g/mol. The van der Waals surface area contributed by atoms with Gasteiger partial charge in [0.1, 0.15) is 0 Å². The minimum atomic E-state index is -0.175. The Kier molecular flexibility index (Phi) is 3.95. The van der Waals surface area contributed by atoms with E-state index in [0.717, 1.165) is 31.6 Å². The van der Waals surface area contributed by atoms with E-state index in [1.165, 1.54) is 0 Å². The van der Waals surface area contributed by atoms with Crippen LogP contribution in [0.15, 0.2) is 30.3 Å². The van der Waals surface area contributed by atoms with Gasteiger partial charge < -0.3 is 9.80 Å². The average molecular weight is 286 g/mol. The van der Waals surface area contributed by atoms with E-state index >= 15 is 0 Å². The standard InChI is InChI=1S/C17H22N2O2/c1-13-7-9-18(10-8-13)17(21)14-11-16(20)19(12-14)15-5-3-2-4-6-15/h2-6,13-14H,7-12H2,1H3/t14-/m1/s1. The van der Waals surface area contributed by atoms with Crippen molar-refractivity contribution in [2.75, 3.05) is 24.5 Å². The van der Waals surface area contributed by atoms with E-state index in [1.807, 2.05) is 35.2 Å². The van der Waals surface area contributed by atoms with Crippen molar-refractivity contribution in [3.63, 3.8) is 0 Å². The predicted octanol–water partition coefficient (Wildman–Crippen LogP) is 2.30. The molecule has 0 aliphatic carbocycles. The van der Waals surface area contributed by atoms with Crippen LogP contribution < -0.4 is 4.90 Å². The Bertz CT molecular complexity index is 521. The molecule has 1 aromatic rings. The summed E-state index contributed by atoms with van der Waals surface area (Å²) in [5.74, 6) is 0.754. The Labute approximate surface area is 125 Å². The summed E-state index contributed by atoms with van der Waals surface area (Å²) in [6.07, 6.45) is 2.50. The lowest BCUT2D eigenvalue weighted by atomic mass is 9.97. The average Bonchev–Trinajstić information content (AvgIpc) is 2.90. The molecule has 0 aromatic heterocycles. The molecule has 2 amide bonds. The van der Waals surface area contributed by atoms with Crippen LogP contribution in [0.5, 0.6) is 0 Å². The molecule has 21 heavy (non-hydrogen) atoms. The van der Waals surface area contributed by atoms with Gasteiger partial charge in [0.2, 0.25) is 11.8 Å². The molecule has 0 spiro atoms. The Balaban J connectivity index is 1.66. The highest BCUT2D eigenvalue weighted by atomic mass is 16.2. The molecule has 2 aliphatic heterocycles. The molecule has 0 radical (unpaired) electrons. The number of carbonyl (C=O) groups excluding carboxylic acids is 2. The summed E-state index contributed by atoms with van der Waals surface area (Å²) in [5.41, 5.74) is 0.894. The third kappa shape index (κ3) is 2.94. The van der Waals surface area contributed by atoms with Crippen LogP contribution in [0.1, 0.15) is 26.2 Å². The highest BCUT2D eigenvalue weighted by Gasteiger charge is 2.37. The van der Waals surface area contributed by atoms with E-state index in [0.29, 0.717) is 18.9 Å². The lowest BCUT2D eigenvalue weighted by Gasteiger charge is -2.32. The number of carbonyl (C=O) groups is 2. The van der Waals surface area contributed by atoms with Crippen LogP contribution in [0.25, 0.3) is 0 Å². The van der Waals surface area contributed by atoms with E-state index in [9.17, 15) is 9.59 Å². The van der Waals surface area contributed by atoms with Gasteiger partial charge in [0.15, 0.2) is 0 Å². The zero-order valence-corrected chi connectivity index (χ0v) is 12.5. The van der Waals surface area contributed by atoms with E-state index in [1.54, 1.807) is 4.90 Å². The van der Waals surface area contributed by atoms with Gasteiger partial charge in [-0.2, -0.15) is 0 Å². The van der Waals surface area contributed by atoms with Crippen LogP contribution in [0.4, 0.5) is 5.69 Å². The summed E-state index contributed by atoms with van der Waals surface area (Å²) < 4.78 is 0. The Hall–Kier alpha value is -1.84. The number of anilines is 1. The second-order valence-electron chi connectivity index (χ2n) is 6.25. The summed E-state index contributed by atoms with van der Waals surface area (Å²) in [5, 5.41) is 0. The van der Waals surface area contributed by atoms with Crippen molar-refractivity contribution in [1.82, 2.24) is 4.90 Å². The molecular weight excluding hydrogens is 264 g/mol. The maximum Gasteiger partial charge on any atom is 0.228 e. The normalized spacial score (nSPS) is 23.7. The summed E-state index contributed by atoms with van der Waals surface area (Å²) in [6, 6.07) is 9.62. The lowest BCUT2D eigenvalue weighted by Crippen LogP contribution is -2.42. The number of nitrogens with zero attached hydrogens (tertiary/aromatic N) is 2. The zero-order chi connectivity index (χ0) is 14.8. The van der Waals surface area contributed by atoms with Crippen molar-refractivity contribution in [3.8, 4) is 0 Å². The second-order valence-corrected chi connectivity index (χ2v) is 6.25. The lowest BCUT2D eigenvalue weighted by molar-refractivity contribution is -0.137. The summed E-state index contributed by atoms with van der Waals surface area (Å²) in [4.78, 5) is 28.5. The Morgan fingerprint density at radius 3 is 2.48 bits per heavy atom. The molecule has 2 aliphatic rings. The second kappa shape index (κ2) is 5.88. The van der Waals surface area contributed by atoms with Crippen LogP contribution in [0.2, 0.25) is 0 Å². The van der Waals surface area contributed by atoms with E-state index in [-0.39, 0.29) is 17.7 Å². The first-order valence-corrected chi connectivity index (χ1v) is 7.79. The van der Waals surface area contributed by atoms with Gasteiger partial charge in [-0.25, -0.2) is 0 Å². The number of para-hydroxylation sites is 1. The molecule has 0 N–H and O–H groups in total. The number of likely N-dealkylation sites (tertiary alicyclic amines) is 1. The fourth-order valence-corrected chi connectivity index (χ4v) is 3.22. The molecule has 3 rings (SSSR count). The van der Waals surface area contributed by atoms with Crippen LogP contribution in [-0.4, -0.2) is 36.3 Å². The van der Waals surface area contributed by atoms with Crippen LogP contribution in [-0.2, 0) is 9.59 Å². The SMILES string of the molecule is CC1CCN(C(=O)[C@@H]2CC(=O)N(c3ccccc3)C2)CC1. The minimum absolute atomic E-state index is 0.0601. The topological polar surface area (TPSA) is 40.6 Å². The van der Waals surface area contributed by atoms with Crippen molar-refractivity contribution in [2.24, 2.45) is 11.8 Å². The molecule has 2 saturated heterocycles. The molecule has 2 heterocycles. The zero-order valence-electron chi connectivity index (χ0n) is 12.5. The van der Waals surface area contributed by atoms with Crippen molar-refractivity contribution >= 4 is 17.5 Å². The Morgan fingerprint density at radius 2 is 1.81 bits per heavy atom. The first-order valence-electron chi connectivity index (χ1n) is 7.79. The molecule has 2 fully saturated rings. The fourth-order valence-electron chi connectivity index (χ4n) is 3.22. The highest BCUT2D eigenvalue weighted by molar-refractivity contribution is 6.00. The van der Waals surface area contributed by atoms with Crippen LogP contribution in [0, 0.1) is 11.8 Å². The molecule has 4 heteroatoms. The van der Waals surface area contributed by atoms with E-state index in [2.05, 4.69) is 6.92 Å². The molecule has 0 unspecified atom stereocenters. The molecule has 1 atom stereocenters. The minimum Gasteiger partial charge on any atom is -0.342 e. The molecule has 0 saturated carbocycles. The van der Waals surface area contributed by atoms with E-state index < -0.39 is 0 Å². The van der Waals surface area contributed by atoms with Gasteiger partial charge in [-0.1, -0.05) is 25.1 Å². The largest absolute Gasteiger partial charge is 0.342 e. The molecule has 112 valence electrons. The maximum atomic E-state index is 12.6. The Morgan fingerprint density at radius 1 is 1.14 bits per heavy atom. The third-order valence-corrected chi connectivity index (χ3v) is 4.64. The number of benzene rings is 1. The number of hydrogen-bond acceptors (Lipinski definition) is 2. The molecule has 0 bridgehead atoms. The quantitative estimate of drug-likeness (QED) is 0.837. The summed E-state index contributed by atoms with van der Waals surface area (Å²) in [7, 11) is 0. The molecular formula is C17H22N2O2. The third-order valence-electron chi connectivity index (χ3n) is 4.64. The van der Waals surface area contributed by atoms with Crippen LogP contribution >= 0.6 is 0 Å². The van der Waals surface area contributed by atoms with Crippen molar-refractivity contribution in [1.29, 1.82) is 0 Å². The number of rotatable bonds is 2. The fraction of sp³-hybridized carbons (Fsp3) is 0.529. The van der Waals surface area contributed by atoms with Crippen molar-refractivity contribution < 1.29 is 9.59 Å². The first-order chi connectivity index (χ1) is 10.1. The summed E-state index contributed by atoms with van der Waals surface area (Å²) in [6.45, 7) is 4.44. The van der Waals surface area contributed by atoms with Crippen molar-refractivity contribution in [2.45, 2.75) is 26.2 Å². The molecule has 4 nitrogen and oxygen atoms in total. The molecule has 1 aromatic carbocycles. The number of hydrogen-bond donors (Lipinski definition) is 0. The van der Waals surface area contributed by atoms with Gasteiger partial charge in [0.25, 0.3) is 0 Å². The predicted molar refractivity (Wildman–Crippen MR) is 81.9 cm³/mol.